The summed E-state index contributed by atoms with van der Waals surface area (Å²) in [5.74, 6) is 0.661. The lowest BCUT2D eigenvalue weighted by atomic mass is 10.2. The highest BCUT2D eigenvalue weighted by molar-refractivity contribution is 7.13. The van der Waals surface area contributed by atoms with Crippen molar-refractivity contribution in [2.45, 2.75) is 13.0 Å². The summed E-state index contributed by atoms with van der Waals surface area (Å²) in [6.45, 7) is 5.42. The Bertz CT molecular complexity index is 669. The monoisotopic (exact) mass is 346 g/mol. The largest absolute Gasteiger partial charge is 0.495 e. The first-order chi connectivity index (χ1) is 11.7. The molecule has 0 unspecified atom stereocenters. The van der Waals surface area contributed by atoms with Gasteiger partial charge in [-0.3, -0.25) is 9.69 Å². The Hall–Kier alpha value is -2.12. The lowest BCUT2D eigenvalue weighted by molar-refractivity contribution is -0.120. The Kier molecular flexibility index (Phi) is 5.32. The lowest BCUT2D eigenvalue weighted by Gasteiger charge is -2.37. The van der Waals surface area contributed by atoms with Gasteiger partial charge in [0.15, 0.2) is 5.13 Å². The van der Waals surface area contributed by atoms with Crippen molar-refractivity contribution in [1.29, 1.82) is 0 Å². The van der Waals surface area contributed by atoms with Gasteiger partial charge in [0.1, 0.15) is 5.75 Å². The van der Waals surface area contributed by atoms with Crippen molar-refractivity contribution in [3.05, 3.63) is 35.8 Å². The van der Waals surface area contributed by atoms with Gasteiger partial charge in [0.25, 0.3) is 0 Å². The van der Waals surface area contributed by atoms with E-state index in [0.29, 0.717) is 11.4 Å². The highest BCUT2D eigenvalue weighted by Gasteiger charge is 2.26. The predicted molar refractivity (Wildman–Crippen MR) is 97.0 cm³/mol. The topological polar surface area (TPSA) is 57.7 Å². The predicted octanol–water partition coefficient (Wildman–Crippen LogP) is 2.30. The average Bonchev–Trinajstić information content (AvgIpc) is 3.16. The minimum Gasteiger partial charge on any atom is -0.495 e. The standard InChI is InChI=1S/C17H22N4O2S/c1-13(16(22)19-14-5-3-4-6-15(14)23-2)20-8-10-21(11-9-20)17-18-7-12-24-17/h3-7,12-13H,8-11H2,1-2H3,(H,19,22)/t13-/m1/s1. The molecule has 0 spiro atoms. The van der Waals surface area contributed by atoms with Crippen LogP contribution in [0.2, 0.25) is 0 Å². The Morgan fingerprint density at radius 3 is 2.71 bits per heavy atom. The molecule has 1 aromatic carbocycles. The fraction of sp³-hybridized carbons (Fsp3) is 0.412. The average molecular weight is 346 g/mol. The van der Waals surface area contributed by atoms with E-state index in [0.717, 1.165) is 31.3 Å². The number of carbonyl (C=O) groups is 1. The summed E-state index contributed by atoms with van der Waals surface area (Å²) in [7, 11) is 1.60. The number of thiazole rings is 1. The third kappa shape index (κ3) is 3.68. The van der Waals surface area contributed by atoms with E-state index in [1.807, 2.05) is 42.8 Å². The van der Waals surface area contributed by atoms with Crippen LogP contribution < -0.4 is 15.0 Å². The lowest BCUT2D eigenvalue weighted by Crippen LogP contribution is -2.52. The molecule has 0 aliphatic carbocycles. The minimum absolute atomic E-state index is 0.0119. The first kappa shape index (κ1) is 16.7. The van der Waals surface area contributed by atoms with Crippen LogP contribution in [0.3, 0.4) is 0 Å². The van der Waals surface area contributed by atoms with E-state index in [1.165, 1.54) is 0 Å². The summed E-state index contributed by atoms with van der Waals surface area (Å²) >= 11 is 1.65. The van der Waals surface area contributed by atoms with E-state index >= 15 is 0 Å². The Morgan fingerprint density at radius 1 is 1.29 bits per heavy atom. The molecule has 2 aromatic rings. The van der Waals surface area contributed by atoms with Crippen molar-refractivity contribution in [3.63, 3.8) is 0 Å². The molecule has 3 rings (SSSR count). The number of hydrogen-bond acceptors (Lipinski definition) is 6. The molecule has 24 heavy (non-hydrogen) atoms. The second kappa shape index (κ2) is 7.63. The minimum atomic E-state index is -0.187. The molecule has 0 radical (unpaired) electrons. The number of piperazine rings is 1. The molecule has 1 fully saturated rings. The Labute approximate surface area is 146 Å². The van der Waals surface area contributed by atoms with Crippen LogP contribution in [0.15, 0.2) is 35.8 Å². The van der Waals surface area contributed by atoms with E-state index in [1.54, 1.807) is 18.4 Å². The molecule has 0 bridgehead atoms. The highest BCUT2D eigenvalue weighted by Crippen LogP contribution is 2.24. The van der Waals surface area contributed by atoms with Crippen molar-refractivity contribution >= 4 is 28.1 Å². The van der Waals surface area contributed by atoms with E-state index in [9.17, 15) is 4.79 Å². The summed E-state index contributed by atoms with van der Waals surface area (Å²) in [5, 5.41) is 6.02. The number of ether oxygens (including phenoxy) is 1. The fourth-order valence-corrected chi connectivity index (χ4v) is 3.52. The number of benzene rings is 1. The molecule has 7 heteroatoms. The van der Waals surface area contributed by atoms with E-state index in [-0.39, 0.29) is 11.9 Å². The zero-order valence-corrected chi connectivity index (χ0v) is 14.8. The van der Waals surface area contributed by atoms with Crippen molar-refractivity contribution < 1.29 is 9.53 Å². The number of para-hydroxylation sites is 2. The first-order valence-electron chi connectivity index (χ1n) is 8.01. The van der Waals surface area contributed by atoms with E-state index in [2.05, 4.69) is 20.1 Å². The number of hydrogen-bond donors (Lipinski definition) is 1. The first-order valence-corrected chi connectivity index (χ1v) is 8.89. The molecule has 128 valence electrons. The van der Waals surface area contributed by atoms with Crippen LogP contribution in [0, 0.1) is 0 Å². The van der Waals surface area contributed by atoms with Crippen molar-refractivity contribution in [2.24, 2.45) is 0 Å². The van der Waals surface area contributed by atoms with Crippen LogP contribution in [0.4, 0.5) is 10.8 Å². The Morgan fingerprint density at radius 2 is 2.04 bits per heavy atom. The maximum Gasteiger partial charge on any atom is 0.241 e. The van der Waals surface area contributed by atoms with Gasteiger partial charge >= 0.3 is 0 Å². The van der Waals surface area contributed by atoms with E-state index in [4.69, 9.17) is 4.74 Å². The zero-order valence-electron chi connectivity index (χ0n) is 13.9. The van der Waals surface area contributed by atoms with E-state index < -0.39 is 0 Å². The smallest absolute Gasteiger partial charge is 0.241 e. The summed E-state index contributed by atoms with van der Waals surface area (Å²) < 4.78 is 5.29. The number of nitrogens with one attached hydrogen (secondary N) is 1. The molecule has 1 aliphatic heterocycles. The van der Waals surface area contributed by atoms with Crippen LogP contribution in [-0.4, -0.2) is 55.1 Å². The second-order valence-corrected chi connectivity index (χ2v) is 6.58. The molecule has 0 saturated carbocycles. The normalized spacial score (nSPS) is 16.7. The molecular weight excluding hydrogens is 324 g/mol. The molecule has 1 atom stereocenters. The number of rotatable bonds is 5. The van der Waals surface area contributed by atoms with Gasteiger partial charge in [-0.1, -0.05) is 12.1 Å². The van der Waals surface area contributed by atoms with Gasteiger partial charge in [-0.05, 0) is 19.1 Å². The molecule has 2 heterocycles. The van der Waals surface area contributed by atoms with Gasteiger partial charge in [0, 0.05) is 37.8 Å². The van der Waals surface area contributed by atoms with Crippen LogP contribution >= 0.6 is 11.3 Å². The maximum atomic E-state index is 12.6. The summed E-state index contributed by atoms with van der Waals surface area (Å²) in [4.78, 5) is 21.4. The molecule has 6 nitrogen and oxygen atoms in total. The summed E-state index contributed by atoms with van der Waals surface area (Å²) in [6.07, 6.45) is 1.83. The summed E-state index contributed by atoms with van der Waals surface area (Å²) in [5.41, 5.74) is 0.707. The van der Waals surface area contributed by atoms with Crippen LogP contribution in [0.1, 0.15) is 6.92 Å². The molecule has 1 aliphatic rings. The molecule has 1 N–H and O–H groups in total. The Balaban J connectivity index is 1.56. The number of carbonyl (C=O) groups excluding carboxylic acids is 1. The van der Waals surface area contributed by atoms with Crippen molar-refractivity contribution in [2.75, 3.05) is 43.5 Å². The number of methoxy groups -OCH3 is 1. The van der Waals surface area contributed by atoms with Gasteiger partial charge < -0.3 is 15.0 Å². The fourth-order valence-electron chi connectivity index (χ4n) is 2.82. The molecular formula is C17H22N4O2S. The number of anilines is 2. The van der Waals surface area contributed by atoms with Gasteiger partial charge in [-0.2, -0.15) is 0 Å². The molecule has 1 amide bonds. The number of nitrogens with zero attached hydrogens (tertiary/aromatic N) is 3. The van der Waals surface area contributed by atoms with Crippen molar-refractivity contribution in [1.82, 2.24) is 9.88 Å². The third-order valence-corrected chi connectivity index (χ3v) is 5.13. The van der Waals surface area contributed by atoms with Crippen LogP contribution in [0.5, 0.6) is 5.75 Å². The third-order valence-electron chi connectivity index (χ3n) is 4.30. The van der Waals surface area contributed by atoms with Crippen LogP contribution in [0.25, 0.3) is 0 Å². The van der Waals surface area contributed by atoms with Crippen LogP contribution in [-0.2, 0) is 4.79 Å². The second-order valence-electron chi connectivity index (χ2n) is 5.70. The quantitative estimate of drug-likeness (QED) is 0.900. The van der Waals surface area contributed by atoms with Gasteiger partial charge in [-0.25, -0.2) is 4.98 Å². The van der Waals surface area contributed by atoms with Gasteiger partial charge in [0.05, 0.1) is 18.8 Å². The zero-order chi connectivity index (χ0) is 16.9. The van der Waals surface area contributed by atoms with Gasteiger partial charge in [0.2, 0.25) is 5.91 Å². The molecule has 1 saturated heterocycles. The molecule has 1 aromatic heterocycles. The SMILES string of the molecule is COc1ccccc1NC(=O)[C@@H](C)N1CCN(c2nccs2)CC1. The number of aromatic nitrogens is 1. The maximum absolute atomic E-state index is 12.6. The van der Waals surface area contributed by atoms with Crippen molar-refractivity contribution in [3.8, 4) is 5.75 Å². The van der Waals surface area contributed by atoms with Gasteiger partial charge in [-0.15, -0.1) is 11.3 Å². The highest BCUT2D eigenvalue weighted by atomic mass is 32.1. The summed E-state index contributed by atoms with van der Waals surface area (Å²) in [6, 6.07) is 7.27. The number of amides is 1.